The number of carbonyl (C=O) groups is 1. The van der Waals surface area contributed by atoms with Crippen molar-refractivity contribution in [2.75, 3.05) is 11.9 Å². The molecule has 0 radical (unpaired) electrons. The molecule has 0 aliphatic heterocycles. The zero-order valence-corrected chi connectivity index (χ0v) is 10.9. The van der Waals surface area contributed by atoms with Gasteiger partial charge in [0, 0.05) is 11.6 Å². The lowest BCUT2D eigenvalue weighted by Gasteiger charge is -2.26. The summed E-state index contributed by atoms with van der Waals surface area (Å²) in [7, 11) is 0. The Balaban J connectivity index is 1.89. The SMILES string of the molecule is N#Cc1ccc(NC(=O)C2CCC(CN)CC2)cc1. The van der Waals surface area contributed by atoms with Gasteiger partial charge in [0.2, 0.25) is 5.91 Å². The van der Waals surface area contributed by atoms with Gasteiger partial charge in [-0.3, -0.25) is 4.79 Å². The van der Waals surface area contributed by atoms with E-state index in [0.29, 0.717) is 11.5 Å². The average molecular weight is 257 g/mol. The van der Waals surface area contributed by atoms with Crippen LogP contribution in [0.5, 0.6) is 0 Å². The molecule has 4 heteroatoms. The van der Waals surface area contributed by atoms with Crippen LogP contribution in [0.1, 0.15) is 31.2 Å². The largest absolute Gasteiger partial charge is 0.330 e. The van der Waals surface area contributed by atoms with Crippen molar-refractivity contribution < 1.29 is 4.79 Å². The molecule has 1 aliphatic rings. The van der Waals surface area contributed by atoms with Crippen LogP contribution >= 0.6 is 0 Å². The molecule has 0 bridgehead atoms. The molecule has 4 nitrogen and oxygen atoms in total. The van der Waals surface area contributed by atoms with Gasteiger partial charge < -0.3 is 11.1 Å². The van der Waals surface area contributed by atoms with Crippen LogP contribution in [0.25, 0.3) is 0 Å². The molecule has 1 saturated carbocycles. The van der Waals surface area contributed by atoms with Crippen LogP contribution < -0.4 is 11.1 Å². The third-order valence-electron chi connectivity index (χ3n) is 3.83. The van der Waals surface area contributed by atoms with Crippen molar-refractivity contribution in [3.05, 3.63) is 29.8 Å². The second-order valence-corrected chi connectivity index (χ2v) is 5.13. The Hall–Kier alpha value is -1.86. The van der Waals surface area contributed by atoms with Crippen LogP contribution in [0.2, 0.25) is 0 Å². The maximum Gasteiger partial charge on any atom is 0.227 e. The minimum atomic E-state index is 0.0835. The lowest BCUT2D eigenvalue weighted by Crippen LogP contribution is -2.29. The van der Waals surface area contributed by atoms with Crippen molar-refractivity contribution in [3.63, 3.8) is 0 Å². The summed E-state index contributed by atoms with van der Waals surface area (Å²) < 4.78 is 0. The molecule has 100 valence electrons. The summed E-state index contributed by atoms with van der Waals surface area (Å²) in [4.78, 5) is 12.1. The number of hydrogen-bond acceptors (Lipinski definition) is 3. The Bertz CT molecular complexity index is 467. The number of nitrogens with one attached hydrogen (secondary N) is 1. The summed E-state index contributed by atoms with van der Waals surface area (Å²) in [5.41, 5.74) is 7.00. The van der Waals surface area contributed by atoms with Crippen molar-refractivity contribution in [1.82, 2.24) is 0 Å². The van der Waals surface area contributed by atoms with Crippen molar-refractivity contribution in [2.24, 2.45) is 17.6 Å². The predicted octanol–water partition coefficient (Wildman–Crippen LogP) is 2.26. The Labute approximate surface area is 113 Å². The van der Waals surface area contributed by atoms with Gasteiger partial charge in [-0.2, -0.15) is 5.26 Å². The second-order valence-electron chi connectivity index (χ2n) is 5.13. The van der Waals surface area contributed by atoms with Crippen LogP contribution in [-0.4, -0.2) is 12.5 Å². The van der Waals surface area contributed by atoms with Gasteiger partial charge in [0.05, 0.1) is 11.6 Å². The minimum Gasteiger partial charge on any atom is -0.330 e. The number of benzene rings is 1. The number of nitrogens with zero attached hydrogens (tertiary/aromatic N) is 1. The van der Waals surface area contributed by atoms with Gasteiger partial charge in [-0.15, -0.1) is 0 Å². The van der Waals surface area contributed by atoms with Gasteiger partial charge >= 0.3 is 0 Å². The van der Waals surface area contributed by atoms with E-state index in [1.165, 1.54) is 0 Å². The topological polar surface area (TPSA) is 78.9 Å². The summed E-state index contributed by atoms with van der Waals surface area (Å²) in [5.74, 6) is 0.762. The average Bonchev–Trinajstić information content (AvgIpc) is 2.48. The van der Waals surface area contributed by atoms with Gasteiger partial charge in [-0.1, -0.05) is 0 Å². The monoisotopic (exact) mass is 257 g/mol. The van der Waals surface area contributed by atoms with Crippen LogP contribution in [0.15, 0.2) is 24.3 Å². The minimum absolute atomic E-state index is 0.0835. The Morgan fingerprint density at radius 1 is 1.26 bits per heavy atom. The van der Waals surface area contributed by atoms with Crippen molar-refractivity contribution >= 4 is 11.6 Å². The summed E-state index contributed by atoms with van der Waals surface area (Å²) in [6, 6.07) is 9.01. The maximum atomic E-state index is 12.1. The third kappa shape index (κ3) is 3.55. The van der Waals surface area contributed by atoms with Crippen LogP contribution in [0.3, 0.4) is 0 Å². The van der Waals surface area contributed by atoms with E-state index in [0.717, 1.165) is 37.9 Å². The predicted molar refractivity (Wildman–Crippen MR) is 74.3 cm³/mol. The highest BCUT2D eigenvalue weighted by atomic mass is 16.1. The maximum absolute atomic E-state index is 12.1. The molecular weight excluding hydrogens is 238 g/mol. The first-order valence-corrected chi connectivity index (χ1v) is 6.74. The smallest absolute Gasteiger partial charge is 0.227 e. The first-order valence-electron chi connectivity index (χ1n) is 6.74. The number of nitrogens with two attached hydrogens (primary N) is 1. The fraction of sp³-hybridized carbons (Fsp3) is 0.467. The normalized spacial score (nSPS) is 22.5. The lowest BCUT2D eigenvalue weighted by atomic mass is 9.81. The number of anilines is 1. The molecule has 0 unspecified atom stereocenters. The first-order chi connectivity index (χ1) is 9.22. The number of amides is 1. The highest BCUT2D eigenvalue weighted by Gasteiger charge is 2.25. The van der Waals surface area contributed by atoms with Crippen molar-refractivity contribution in [3.8, 4) is 6.07 Å². The Morgan fingerprint density at radius 2 is 1.89 bits per heavy atom. The Kier molecular flexibility index (Phi) is 4.53. The molecule has 3 N–H and O–H groups in total. The molecule has 1 amide bonds. The molecule has 1 aromatic carbocycles. The lowest BCUT2D eigenvalue weighted by molar-refractivity contribution is -0.121. The van der Waals surface area contributed by atoms with E-state index >= 15 is 0 Å². The number of hydrogen-bond donors (Lipinski definition) is 2. The number of rotatable bonds is 3. The second kappa shape index (κ2) is 6.35. The number of nitriles is 1. The first kappa shape index (κ1) is 13.6. The van der Waals surface area contributed by atoms with Crippen molar-refractivity contribution in [1.29, 1.82) is 5.26 Å². The number of carbonyl (C=O) groups excluding carboxylic acids is 1. The molecule has 1 aliphatic carbocycles. The van der Waals surface area contributed by atoms with Gasteiger partial charge in [0.25, 0.3) is 0 Å². The van der Waals surface area contributed by atoms with E-state index < -0.39 is 0 Å². The van der Waals surface area contributed by atoms with Crippen LogP contribution in [-0.2, 0) is 4.79 Å². The summed E-state index contributed by atoms with van der Waals surface area (Å²) in [6.07, 6.45) is 3.93. The molecule has 0 atom stereocenters. The molecule has 0 saturated heterocycles. The summed E-state index contributed by atoms with van der Waals surface area (Å²) in [5, 5.41) is 11.6. The van der Waals surface area contributed by atoms with Crippen molar-refractivity contribution in [2.45, 2.75) is 25.7 Å². The van der Waals surface area contributed by atoms with E-state index in [2.05, 4.69) is 11.4 Å². The molecule has 1 aromatic rings. The fourth-order valence-corrected chi connectivity index (χ4v) is 2.53. The van der Waals surface area contributed by atoms with Crippen LogP contribution in [0.4, 0.5) is 5.69 Å². The molecule has 19 heavy (non-hydrogen) atoms. The summed E-state index contributed by atoms with van der Waals surface area (Å²) >= 11 is 0. The third-order valence-corrected chi connectivity index (χ3v) is 3.83. The zero-order valence-electron chi connectivity index (χ0n) is 10.9. The van der Waals surface area contributed by atoms with Gasteiger partial charge in [0.15, 0.2) is 0 Å². The highest BCUT2D eigenvalue weighted by Crippen LogP contribution is 2.29. The van der Waals surface area contributed by atoms with E-state index in [1.807, 2.05) is 0 Å². The van der Waals surface area contributed by atoms with E-state index in [4.69, 9.17) is 11.0 Å². The molecular formula is C15H19N3O. The van der Waals surface area contributed by atoms with E-state index in [-0.39, 0.29) is 11.8 Å². The quantitative estimate of drug-likeness (QED) is 0.871. The highest BCUT2D eigenvalue weighted by molar-refractivity contribution is 5.92. The summed E-state index contributed by atoms with van der Waals surface area (Å²) in [6.45, 7) is 0.726. The molecule has 0 aromatic heterocycles. The molecule has 0 spiro atoms. The Morgan fingerprint density at radius 3 is 2.42 bits per heavy atom. The van der Waals surface area contributed by atoms with E-state index in [1.54, 1.807) is 24.3 Å². The molecule has 2 rings (SSSR count). The fourth-order valence-electron chi connectivity index (χ4n) is 2.53. The van der Waals surface area contributed by atoms with Gasteiger partial charge in [0.1, 0.15) is 0 Å². The van der Waals surface area contributed by atoms with Gasteiger partial charge in [-0.05, 0) is 62.4 Å². The molecule has 0 heterocycles. The zero-order chi connectivity index (χ0) is 13.7. The standard InChI is InChI=1S/C15H19N3O/c16-9-11-1-5-13(6-2-11)15(19)18-14-7-3-12(10-17)4-8-14/h3-4,7-8,11,13H,1-2,5-6,9,16H2,(H,18,19). The van der Waals surface area contributed by atoms with E-state index in [9.17, 15) is 4.79 Å². The van der Waals surface area contributed by atoms with Crippen LogP contribution in [0, 0.1) is 23.2 Å². The van der Waals surface area contributed by atoms with Gasteiger partial charge in [-0.25, -0.2) is 0 Å². The molecule has 1 fully saturated rings.